The molecule has 1 aromatic rings. The first-order valence-electron chi connectivity index (χ1n) is 6.92. The Labute approximate surface area is 110 Å². The highest BCUT2D eigenvalue weighted by molar-refractivity contribution is 5.10. The third-order valence-electron chi connectivity index (χ3n) is 3.63. The van der Waals surface area contributed by atoms with Crippen molar-refractivity contribution in [2.75, 3.05) is 0 Å². The number of aliphatic hydroxyl groups is 2. The second-order valence-electron chi connectivity index (χ2n) is 4.93. The van der Waals surface area contributed by atoms with Crippen LogP contribution < -0.4 is 0 Å². The zero-order chi connectivity index (χ0) is 13.7. The van der Waals surface area contributed by atoms with E-state index in [9.17, 15) is 10.2 Å². The fraction of sp³-hybridized carbons (Fsp3) is 0.786. The Hall–Kier alpha value is -0.870. The van der Waals surface area contributed by atoms with Gasteiger partial charge in [0, 0.05) is 18.7 Å². The zero-order valence-corrected chi connectivity index (χ0v) is 11.9. The summed E-state index contributed by atoms with van der Waals surface area (Å²) in [6, 6.07) is 1.98. The fourth-order valence-corrected chi connectivity index (χ4v) is 2.46. The lowest BCUT2D eigenvalue weighted by Gasteiger charge is -2.25. The average molecular weight is 254 g/mol. The minimum Gasteiger partial charge on any atom is -0.390 e. The Morgan fingerprint density at radius 1 is 1.22 bits per heavy atom. The first kappa shape index (κ1) is 15.2. The smallest absolute Gasteiger partial charge is 0.0856 e. The van der Waals surface area contributed by atoms with Gasteiger partial charge in [0.15, 0.2) is 0 Å². The minimum atomic E-state index is -0.712. The standard InChI is InChI=1S/C14H26N2O2/c1-5-11(6-2)14(18)13(17)9-12-8-10(4)15-16(12)7-3/h8,11,13-14,17-18H,5-7,9H2,1-4H3. The Morgan fingerprint density at radius 3 is 2.33 bits per heavy atom. The normalized spacial score (nSPS) is 15.1. The maximum atomic E-state index is 10.1. The summed E-state index contributed by atoms with van der Waals surface area (Å²) >= 11 is 0. The van der Waals surface area contributed by atoms with Crippen LogP contribution in [-0.4, -0.2) is 32.2 Å². The number of hydrogen-bond donors (Lipinski definition) is 2. The van der Waals surface area contributed by atoms with Crippen LogP contribution in [0.15, 0.2) is 6.07 Å². The van der Waals surface area contributed by atoms with Gasteiger partial charge in [0.05, 0.1) is 17.9 Å². The van der Waals surface area contributed by atoms with Crippen LogP contribution in [0, 0.1) is 12.8 Å². The van der Waals surface area contributed by atoms with Crippen molar-refractivity contribution in [3.63, 3.8) is 0 Å². The third kappa shape index (κ3) is 3.56. The molecule has 4 nitrogen and oxygen atoms in total. The quantitative estimate of drug-likeness (QED) is 0.781. The van der Waals surface area contributed by atoms with E-state index in [1.165, 1.54) is 0 Å². The number of aliphatic hydroxyl groups excluding tert-OH is 2. The van der Waals surface area contributed by atoms with E-state index in [1.54, 1.807) is 0 Å². The first-order valence-corrected chi connectivity index (χ1v) is 6.92. The number of nitrogens with zero attached hydrogens (tertiary/aromatic N) is 2. The Morgan fingerprint density at radius 2 is 1.83 bits per heavy atom. The average Bonchev–Trinajstić information content (AvgIpc) is 2.70. The van der Waals surface area contributed by atoms with E-state index >= 15 is 0 Å². The number of aromatic nitrogens is 2. The predicted octanol–water partition coefficient (Wildman–Crippen LogP) is 1.91. The molecule has 0 aliphatic heterocycles. The number of rotatable bonds is 7. The molecule has 0 aliphatic rings. The molecule has 0 aliphatic carbocycles. The van der Waals surface area contributed by atoms with Crippen molar-refractivity contribution in [2.45, 2.75) is 65.7 Å². The number of hydrogen-bond acceptors (Lipinski definition) is 3. The van der Waals surface area contributed by atoms with Gasteiger partial charge < -0.3 is 10.2 Å². The molecular weight excluding hydrogens is 228 g/mol. The molecule has 1 rings (SSSR count). The maximum Gasteiger partial charge on any atom is 0.0856 e. The Kier molecular flexibility index (Phi) is 5.82. The van der Waals surface area contributed by atoms with Crippen molar-refractivity contribution >= 4 is 0 Å². The summed E-state index contributed by atoms with van der Waals surface area (Å²) < 4.78 is 1.89. The highest BCUT2D eigenvalue weighted by Crippen LogP contribution is 2.19. The molecule has 1 aromatic heterocycles. The molecule has 2 N–H and O–H groups in total. The summed E-state index contributed by atoms with van der Waals surface area (Å²) in [5, 5.41) is 24.6. The van der Waals surface area contributed by atoms with Gasteiger partial charge in [-0.2, -0.15) is 5.10 Å². The van der Waals surface area contributed by atoms with E-state index < -0.39 is 12.2 Å². The van der Waals surface area contributed by atoms with Gasteiger partial charge >= 0.3 is 0 Å². The molecule has 2 atom stereocenters. The Bertz CT molecular complexity index is 359. The van der Waals surface area contributed by atoms with Crippen LogP contribution in [0.4, 0.5) is 0 Å². The van der Waals surface area contributed by atoms with Crippen molar-refractivity contribution in [1.82, 2.24) is 9.78 Å². The largest absolute Gasteiger partial charge is 0.390 e. The van der Waals surface area contributed by atoms with Crippen LogP contribution >= 0.6 is 0 Å². The lowest BCUT2D eigenvalue weighted by atomic mass is 9.91. The van der Waals surface area contributed by atoms with Crippen LogP contribution in [0.5, 0.6) is 0 Å². The van der Waals surface area contributed by atoms with Gasteiger partial charge in [0.2, 0.25) is 0 Å². The highest BCUT2D eigenvalue weighted by Gasteiger charge is 2.25. The van der Waals surface area contributed by atoms with Crippen molar-refractivity contribution in [3.05, 3.63) is 17.5 Å². The van der Waals surface area contributed by atoms with Crippen molar-refractivity contribution in [1.29, 1.82) is 0 Å². The molecule has 4 heteroatoms. The molecule has 0 saturated carbocycles. The van der Waals surface area contributed by atoms with Crippen molar-refractivity contribution in [2.24, 2.45) is 5.92 Å². The molecule has 0 aromatic carbocycles. The van der Waals surface area contributed by atoms with E-state index in [0.29, 0.717) is 6.42 Å². The summed E-state index contributed by atoms with van der Waals surface area (Å²) in [6.07, 6.45) is 0.880. The topological polar surface area (TPSA) is 58.3 Å². The summed E-state index contributed by atoms with van der Waals surface area (Å²) in [5.41, 5.74) is 1.95. The van der Waals surface area contributed by atoms with Crippen LogP contribution in [0.25, 0.3) is 0 Å². The summed E-state index contributed by atoms with van der Waals surface area (Å²) in [5.74, 6) is 0.166. The van der Waals surface area contributed by atoms with Gasteiger partial charge in [-0.05, 0) is 25.8 Å². The maximum absolute atomic E-state index is 10.1. The van der Waals surface area contributed by atoms with Crippen molar-refractivity contribution < 1.29 is 10.2 Å². The Balaban J connectivity index is 2.71. The minimum absolute atomic E-state index is 0.166. The van der Waals surface area contributed by atoms with Crippen LogP contribution in [0.3, 0.4) is 0 Å². The summed E-state index contributed by atoms with van der Waals surface area (Å²) in [4.78, 5) is 0. The van der Waals surface area contributed by atoms with Gasteiger partial charge in [-0.25, -0.2) is 0 Å². The summed E-state index contributed by atoms with van der Waals surface area (Å²) in [7, 11) is 0. The van der Waals surface area contributed by atoms with E-state index in [-0.39, 0.29) is 5.92 Å². The van der Waals surface area contributed by atoms with E-state index in [4.69, 9.17) is 0 Å². The SMILES string of the molecule is CCC(CC)C(O)C(O)Cc1cc(C)nn1CC. The molecule has 0 saturated heterocycles. The first-order chi connectivity index (χ1) is 8.53. The second-order valence-corrected chi connectivity index (χ2v) is 4.93. The molecular formula is C14H26N2O2. The van der Waals surface area contributed by atoms with E-state index in [0.717, 1.165) is 30.8 Å². The highest BCUT2D eigenvalue weighted by atomic mass is 16.3. The third-order valence-corrected chi connectivity index (χ3v) is 3.63. The molecule has 104 valence electrons. The monoisotopic (exact) mass is 254 g/mol. The lowest BCUT2D eigenvalue weighted by Crippen LogP contribution is -2.35. The van der Waals surface area contributed by atoms with Crippen LogP contribution in [-0.2, 0) is 13.0 Å². The molecule has 0 radical (unpaired) electrons. The zero-order valence-electron chi connectivity index (χ0n) is 11.9. The predicted molar refractivity (Wildman–Crippen MR) is 72.4 cm³/mol. The van der Waals surface area contributed by atoms with Gasteiger partial charge in [-0.1, -0.05) is 26.7 Å². The summed E-state index contributed by atoms with van der Waals surface area (Å²) in [6.45, 7) is 8.85. The molecule has 1 heterocycles. The second kappa shape index (κ2) is 6.90. The number of aryl methyl sites for hydroxylation is 2. The van der Waals surface area contributed by atoms with Crippen molar-refractivity contribution in [3.8, 4) is 0 Å². The van der Waals surface area contributed by atoms with Crippen LogP contribution in [0.2, 0.25) is 0 Å². The fourth-order valence-electron chi connectivity index (χ4n) is 2.46. The molecule has 0 fully saturated rings. The van der Waals surface area contributed by atoms with Gasteiger partial charge in [0.1, 0.15) is 0 Å². The molecule has 0 amide bonds. The lowest BCUT2D eigenvalue weighted by molar-refractivity contribution is -0.0196. The molecule has 18 heavy (non-hydrogen) atoms. The molecule has 0 spiro atoms. The van der Waals surface area contributed by atoms with Gasteiger partial charge in [0.25, 0.3) is 0 Å². The van der Waals surface area contributed by atoms with Gasteiger partial charge in [-0.3, -0.25) is 4.68 Å². The van der Waals surface area contributed by atoms with E-state index in [1.807, 2.05) is 38.4 Å². The van der Waals surface area contributed by atoms with Crippen LogP contribution in [0.1, 0.15) is 45.0 Å². The van der Waals surface area contributed by atoms with E-state index in [2.05, 4.69) is 5.10 Å². The molecule has 0 bridgehead atoms. The van der Waals surface area contributed by atoms with Gasteiger partial charge in [-0.15, -0.1) is 0 Å². The molecule has 2 unspecified atom stereocenters.